The standard InChI is InChI=1S/C24H26N4O6S/c1-16-6-7-18(35(32,33)27-10-12-34-13-11-27)14-20(16)25-21(29)15-28-22(30)24(26-23(28)31)9-8-17-4-2-3-5-19(17)24/h2-7,14H,8-13,15H2,1H3,(H,25,29)(H,26,31). The number of rotatable bonds is 5. The molecule has 184 valence electrons. The van der Waals surface area contributed by atoms with E-state index in [4.69, 9.17) is 4.74 Å². The number of carbonyl (C=O) groups is 3. The van der Waals surface area contributed by atoms with Gasteiger partial charge in [-0.15, -0.1) is 0 Å². The summed E-state index contributed by atoms with van der Waals surface area (Å²) in [6, 6.07) is 11.4. The summed E-state index contributed by atoms with van der Waals surface area (Å²) in [7, 11) is -3.75. The molecular weight excluding hydrogens is 472 g/mol. The average Bonchev–Trinajstić information content (AvgIpc) is 3.34. The maximum Gasteiger partial charge on any atom is 0.325 e. The molecule has 2 N–H and O–H groups in total. The van der Waals surface area contributed by atoms with E-state index in [2.05, 4.69) is 10.6 Å². The van der Waals surface area contributed by atoms with Gasteiger partial charge in [-0.1, -0.05) is 30.3 Å². The Kier molecular flexibility index (Phi) is 5.86. The number of morpholine rings is 1. The molecule has 2 heterocycles. The van der Waals surface area contributed by atoms with Gasteiger partial charge in [0.15, 0.2) is 0 Å². The lowest BCUT2D eigenvalue weighted by molar-refractivity contribution is -0.134. The summed E-state index contributed by atoms with van der Waals surface area (Å²) in [6.45, 7) is 2.43. The van der Waals surface area contributed by atoms with E-state index in [0.717, 1.165) is 16.0 Å². The lowest BCUT2D eigenvalue weighted by atomic mass is 9.92. The topological polar surface area (TPSA) is 125 Å². The van der Waals surface area contributed by atoms with Gasteiger partial charge in [-0.05, 0) is 48.6 Å². The van der Waals surface area contributed by atoms with Gasteiger partial charge in [0.05, 0.1) is 18.1 Å². The molecule has 0 aromatic heterocycles. The van der Waals surface area contributed by atoms with Crippen LogP contribution in [-0.2, 0) is 36.3 Å². The van der Waals surface area contributed by atoms with Crippen molar-refractivity contribution in [3.8, 4) is 0 Å². The van der Waals surface area contributed by atoms with Crippen LogP contribution >= 0.6 is 0 Å². The summed E-state index contributed by atoms with van der Waals surface area (Å²) in [4.78, 5) is 39.8. The SMILES string of the molecule is Cc1ccc(S(=O)(=O)N2CCOCC2)cc1NC(=O)CN1C(=O)NC2(CCc3ccccc32)C1=O. The first-order valence-corrected chi connectivity index (χ1v) is 12.9. The van der Waals surface area contributed by atoms with Crippen LogP contribution in [-0.4, -0.2) is 68.3 Å². The predicted octanol–water partition coefficient (Wildman–Crippen LogP) is 1.35. The zero-order chi connectivity index (χ0) is 24.8. The molecule has 1 spiro atoms. The summed E-state index contributed by atoms with van der Waals surface area (Å²) in [5.74, 6) is -1.05. The number of urea groups is 1. The van der Waals surface area contributed by atoms with Crippen molar-refractivity contribution in [3.63, 3.8) is 0 Å². The molecular formula is C24H26N4O6S. The smallest absolute Gasteiger partial charge is 0.325 e. The average molecular weight is 499 g/mol. The Balaban J connectivity index is 1.32. The molecule has 2 fully saturated rings. The van der Waals surface area contributed by atoms with Crippen LogP contribution in [0.2, 0.25) is 0 Å². The van der Waals surface area contributed by atoms with Gasteiger partial charge in [-0.3, -0.25) is 14.5 Å². The highest BCUT2D eigenvalue weighted by atomic mass is 32.2. The Labute approximate surface area is 203 Å². The number of nitrogens with zero attached hydrogens (tertiary/aromatic N) is 2. The fraction of sp³-hybridized carbons (Fsp3) is 0.375. The first-order valence-electron chi connectivity index (χ1n) is 11.4. The number of aryl methyl sites for hydroxylation is 2. The van der Waals surface area contributed by atoms with E-state index in [1.807, 2.05) is 24.3 Å². The van der Waals surface area contributed by atoms with E-state index < -0.39 is 40.0 Å². The second-order valence-corrected chi connectivity index (χ2v) is 10.9. The fourth-order valence-electron chi connectivity index (χ4n) is 4.90. The monoisotopic (exact) mass is 498 g/mol. The Hall–Kier alpha value is -3.28. The summed E-state index contributed by atoms with van der Waals surface area (Å²) in [5, 5.41) is 5.46. The molecule has 0 saturated carbocycles. The lowest BCUT2D eigenvalue weighted by Crippen LogP contribution is -2.43. The fourth-order valence-corrected chi connectivity index (χ4v) is 6.33. The Morgan fingerprint density at radius 1 is 1.14 bits per heavy atom. The number of ether oxygens (including phenoxy) is 1. The minimum absolute atomic E-state index is 0.0526. The molecule has 2 aliphatic heterocycles. The number of amides is 4. The van der Waals surface area contributed by atoms with Crippen LogP contribution in [0.25, 0.3) is 0 Å². The van der Waals surface area contributed by atoms with Gasteiger partial charge in [-0.25, -0.2) is 13.2 Å². The number of imide groups is 1. The van der Waals surface area contributed by atoms with Crippen LogP contribution in [0.3, 0.4) is 0 Å². The zero-order valence-corrected chi connectivity index (χ0v) is 20.1. The van der Waals surface area contributed by atoms with Gasteiger partial charge < -0.3 is 15.4 Å². The first kappa shape index (κ1) is 23.5. The van der Waals surface area contributed by atoms with Crippen molar-refractivity contribution in [2.45, 2.75) is 30.2 Å². The maximum absolute atomic E-state index is 13.3. The summed E-state index contributed by atoms with van der Waals surface area (Å²) in [5.41, 5.74) is 1.57. The number of fused-ring (bicyclic) bond motifs is 2. The Morgan fingerprint density at radius 2 is 1.89 bits per heavy atom. The van der Waals surface area contributed by atoms with Gasteiger partial charge in [0.1, 0.15) is 12.1 Å². The van der Waals surface area contributed by atoms with E-state index in [1.165, 1.54) is 16.4 Å². The summed E-state index contributed by atoms with van der Waals surface area (Å²) in [6.07, 6.45) is 1.10. The van der Waals surface area contributed by atoms with Crippen LogP contribution in [0.5, 0.6) is 0 Å². The highest BCUT2D eigenvalue weighted by molar-refractivity contribution is 7.89. The molecule has 35 heavy (non-hydrogen) atoms. The van der Waals surface area contributed by atoms with Crippen LogP contribution in [0.15, 0.2) is 47.4 Å². The van der Waals surface area contributed by atoms with Crippen LogP contribution in [0.1, 0.15) is 23.1 Å². The van der Waals surface area contributed by atoms with E-state index in [9.17, 15) is 22.8 Å². The number of carbonyl (C=O) groups excluding carboxylic acids is 3. The van der Waals surface area contributed by atoms with Crippen LogP contribution in [0.4, 0.5) is 10.5 Å². The molecule has 0 radical (unpaired) electrons. The van der Waals surface area contributed by atoms with Crippen molar-refractivity contribution < 1.29 is 27.5 Å². The number of sulfonamides is 1. The largest absolute Gasteiger partial charge is 0.379 e. The third kappa shape index (κ3) is 3.99. The van der Waals surface area contributed by atoms with Crippen molar-refractivity contribution in [1.82, 2.24) is 14.5 Å². The molecule has 10 nitrogen and oxygen atoms in total. The third-order valence-electron chi connectivity index (χ3n) is 6.81. The second kappa shape index (κ2) is 8.74. The van der Waals surface area contributed by atoms with Crippen molar-refractivity contribution in [2.75, 3.05) is 38.2 Å². The van der Waals surface area contributed by atoms with Crippen molar-refractivity contribution >= 4 is 33.6 Å². The molecule has 1 atom stereocenters. The third-order valence-corrected chi connectivity index (χ3v) is 8.71. The molecule has 1 aliphatic carbocycles. The number of nitrogens with one attached hydrogen (secondary N) is 2. The zero-order valence-electron chi connectivity index (χ0n) is 19.2. The second-order valence-electron chi connectivity index (χ2n) is 8.93. The van der Waals surface area contributed by atoms with Crippen LogP contribution in [0, 0.1) is 6.92 Å². The molecule has 4 amide bonds. The van der Waals surface area contributed by atoms with E-state index >= 15 is 0 Å². The predicted molar refractivity (Wildman–Crippen MR) is 126 cm³/mol. The molecule has 1 unspecified atom stereocenters. The number of hydrogen-bond acceptors (Lipinski definition) is 6. The summed E-state index contributed by atoms with van der Waals surface area (Å²) >= 11 is 0. The molecule has 2 aromatic carbocycles. The quantitative estimate of drug-likeness (QED) is 0.600. The van der Waals surface area contributed by atoms with Gasteiger partial charge in [0, 0.05) is 18.8 Å². The van der Waals surface area contributed by atoms with Gasteiger partial charge in [0.2, 0.25) is 15.9 Å². The number of hydrogen-bond donors (Lipinski definition) is 2. The minimum atomic E-state index is -3.75. The van der Waals surface area contributed by atoms with Crippen molar-refractivity contribution in [1.29, 1.82) is 0 Å². The molecule has 2 saturated heterocycles. The highest BCUT2D eigenvalue weighted by Gasteiger charge is 2.55. The number of anilines is 1. The Morgan fingerprint density at radius 3 is 2.66 bits per heavy atom. The van der Waals surface area contributed by atoms with Gasteiger partial charge in [-0.2, -0.15) is 4.31 Å². The molecule has 0 bridgehead atoms. The van der Waals surface area contributed by atoms with E-state index in [-0.39, 0.29) is 18.0 Å². The number of benzene rings is 2. The van der Waals surface area contributed by atoms with Gasteiger partial charge >= 0.3 is 6.03 Å². The van der Waals surface area contributed by atoms with E-state index in [0.29, 0.717) is 37.3 Å². The molecule has 5 rings (SSSR count). The first-order chi connectivity index (χ1) is 16.7. The van der Waals surface area contributed by atoms with Crippen molar-refractivity contribution in [3.05, 3.63) is 59.2 Å². The summed E-state index contributed by atoms with van der Waals surface area (Å²) < 4.78 is 32.6. The maximum atomic E-state index is 13.3. The molecule has 2 aromatic rings. The van der Waals surface area contributed by atoms with Gasteiger partial charge in [0.25, 0.3) is 5.91 Å². The lowest BCUT2D eigenvalue weighted by Gasteiger charge is -2.26. The van der Waals surface area contributed by atoms with Crippen LogP contribution < -0.4 is 10.6 Å². The normalized spacial score (nSPS) is 22.4. The Bertz CT molecular complexity index is 1320. The highest BCUT2D eigenvalue weighted by Crippen LogP contribution is 2.41. The molecule has 11 heteroatoms. The molecule has 3 aliphatic rings. The van der Waals surface area contributed by atoms with Crippen molar-refractivity contribution in [2.24, 2.45) is 0 Å². The van der Waals surface area contributed by atoms with E-state index in [1.54, 1.807) is 13.0 Å². The minimum Gasteiger partial charge on any atom is -0.379 e.